The van der Waals surface area contributed by atoms with Gasteiger partial charge in [-0.3, -0.25) is 0 Å². The van der Waals surface area contributed by atoms with E-state index in [2.05, 4.69) is 50.7 Å². The SMILES string of the molecule is C=C1NC(C)C(C)=CN1C(C)C. The van der Waals surface area contributed by atoms with Crippen molar-refractivity contribution in [3.05, 3.63) is 24.2 Å². The van der Waals surface area contributed by atoms with Gasteiger partial charge in [0.2, 0.25) is 0 Å². The molecule has 0 fully saturated rings. The maximum atomic E-state index is 3.97. The Morgan fingerprint density at radius 1 is 1.58 bits per heavy atom. The summed E-state index contributed by atoms with van der Waals surface area (Å²) in [6.07, 6.45) is 2.17. The molecule has 0 spiro atoms. The lowest BCUT2D eigenvalue weighted by atomic mass is 10.1. The summed E-state index contributed by atoms with van der Waals surface area (Å²) in [5, 5.41) is 3.32. The second-order valence-corrected chi connectivity index (χ2v) is 3.69. The maximum Gasteiger partial charge on any atom is 0.0986 e. The molecule has 68 valence electrons. The second-order valence-electron chi connectivity index (χ2n) is 3.69. The molecule has 0 saturated carbocycles. The number of nitrogens with one attached hydrogen (secondary N) is 1. The summed E-state index contributed by atoms with van der Waals surface area (Å²) < 4.78 is 0. The van der Waals surface area contributed by atoms with Crippen LogP contribution in [0.2, 0.25) is 0 Å². The van der Waals surface area contributed by atoms with Crippen LogP contribution in [0, 0.1) is 0 Å². The van der Waals surface area contributed by atoms with Gasteiger partial charge in [-0.15, -0.1) is 0 Å². The molecule has 1 heterocycles. The molecule has 1 rings (SSSR count). The molecular weight excluding hydrogens is 148 g/mol. The summed E-state index contributed by atoms with van der Waals surface area (Å²) in [4.78, 5) is 2.16. The Morgan fingerprint density at radius 3 is 2.67 bits per heavy atom. The van der Waals surface area contributed by atoms with Gasteiger partial charge in [0.1, 0.15) is 0 Å². The molecule has 2 nitrogen and oxygen atoms in total. The van der Waals surface area contributed by atoms with Crippen LogP contribution in [0.1, 0.15) is 27.7 Å². The summed E-state index contributed by atoms with van der Waals surface area (Å²) in [6.45, 7) is 12.6. The van der Waals surface area contributed by atoms with E-state index in [1.165, 1.54) is 5.57 Å². The van der Waals surface area contributed by atoms with Gasteiger partial charge in [0, 0.05) is 18.3 Å². The van der Waals surface area contributed by atoms with Crippen molar-refractivity contribution in [1.82, 2.24) is 10.2 Å². The monoisotopic (exact) mass is 166 g/mol. The molecule has 0 aromatic heterocycles. The molecule has 0 saturated heterocycles. The zero-order chi connectivity index (χ0) is 9.30. The van der Waals surface area contributed by atoms with Crippen molar-refractivity contribution in [2.24, 2.45) is 0 Å². The molecule has 0 aliphatic carbocycles. The van der Waals surface area contributed by atoms with Gasteiger partial charge in [-0.05, 0) is 33.3 Å². The van der Waals surface area contributed by atoms with E-state index in [1.807, 2.05) is 0 Å². The van der Waals surface area contributed by atoms with Crippen LogP contribution in [0.4, 0.5) is 0 Å². The van der Waals surface area contributed by atoms with Crippen molar-refractivity contribution in [3.63, 3.8) is 0 Å². The summed E-state index contributed by atoms with van der Waals surface area (Å²) >= 11 is 0. The third-order valence-electron chi connectivity index (χ3n) is 2.28. The summed E-state index contributed by atoms with van der Waals surface area (Å²) in [6, 6.07) is 0.903. The molecule has 0 aromatic carbocycles. The van der Waals surface area contributed by atoms with E-state index >= 15 is 0 Å². The van der Waals surface area contributed by atoms with Crippen molar-refractivity contribution in [2.45, 2.75) is 39.8 Å². The maximum absolute atomic E-state index is 3.97. The van der Waals surface area contributed by atoms with E-state index < -0.39 is 0 Å². The lowest BCUT2D eigenvalue weighted by Gasteiger charge is -2.35. The minimum Gasteiger partial charge on any atom is -0.366 e. The van der Waals surface area contributed by atoms with Crippen LogP contribution in [0.3, 0.4) is 0 Å². The second kappa shape index (κ2) is 3.21. The molecule has 2 heteroatoms. The van der Waals surface area contributed by atoms with Gasteiger partial charge in [-0.25, -0.2) is 0 Å². The Kier molecular flexibility index (Phi) is 2.46. The highest BCUT2D eigenvalue weighted by Gasteiger charge is 2.18. The zero-order valence-electron chi connectivity index (χ0n) is 8.39. The van der Waals surface area contributed by atoms with Gasteiger partial charge in [0.05, 0.1) is 5.82 Å². The Bertz CT molecular complexity index is 216. The highest BCUT2D eigenvalue weighted by atomic mass is 15.3. The smallest absolute Gasteiger partial charge is 0.0986 e. The average Bonchev–Trinajstić information content (AvgIpc) is 1.96. The molecule has 0 amide bonds. The Balaban J connectivity index is 2.83. The molecule has 0 radical (unpaired) electrons. The largest absolute Gasteiger partial charge is 0.366 e. The molecule has 1 atom stereocenters. The zero-order valence-corrected chi connectivity index (χ0v) is 8.39. The van der Waals surface area contributed by atoms with E-state index in [1.54, 1.807) is 0 Å². The average molecular weight is 166 g/mol. The van der Waals surface area contributed by atoms with Crippen molar-refractivity contribution in [2.75, 3.05) is 0 Å². The summed E-state index contributed by atoms with van der Waals surface area (Å²) in [5.41, 5.74) is 1.36. The molecule has 1 aliphatic rings. The first kappa shape index (κ1) is 9.17. The van der Waals surface area contributed by atoms with Crippen LogP contribution >= 0.6 is 0 Å². The van der Waals surface area contributed by atoms with Crippen molar-refractivity contribution in [3.8, 4) is 0 Å². The van der Waals surface area contributed by atoms with E-state index in [-0.39, 0.29) is 0 Å². The van der Waals surface area contributed by atoms with Crippen molar-refractivity contribution >= 4 is 0 Å². The number of nitrogens with zero attached hydrogens (tertiary/aromatic N) is 1. The lowest BCUT2D eigenvalue weighted by Crippen LogP contribution is -2.41. The number of hydrogen-bond acceptors (Lipinski definition) is 2. The van der Waals surface area contributed by atoms with Crippen LogP contribution < -0.4 is 5.32 Å². The predicted molar refractivity (Wildman–Crippen MR) is 52.5 cm³/mol. The molecule has 1 N–H and O–H groups in total. The first-order valence-electron chi connectivity index (χ1n) is 4.44. The fraction of sp³-hybridized carbons (Fsp3) is 0.600. The van der Waals surface area contributed by atoms with Crippen LogP contribution in [0.25, 0.3) is 0 Å². The first-order chi connectivity index (χ1) is 5.52. The molecule has 0 aromatic rings. The van der Waals surface area contributed by atoms with E-state index in [4.69, 9.17) is 0 Å². The number of rotatable bonds is 1. The van der Waals surface area contributed by atoms with Crippen LogP contribution in [0.5, 0.6) is 0 Å². The van der Waals surface area contributed by atoms with E-state index in [0.29, 0.717) is 12.1 Å². The fourth-order valence-electron chi connectivity index (χ4n) is 1.31. The predicted octanol–water partition coefficient (Wildman–Crippen LogP) is 2.06. The van der Waals surface area contributed by atoms with Crippen LogP contribution in [-0.2, 0) is 0 Å². The standard InChI is InChI=1S/C10H18N2/c1-7(2)12-6-8(3)9(4)11-10(12)5/h6-7,9,11H,5H2,1-4H3. The highest BCUT2D eigenvalue weighted by molar-refractivity contribution is 5.18. The third kappa shape index (κ3) is 1.63. The number of hydrogen-bond donors (Lipinski definition) is 1. The van der Waals surface area contributed by atoms with Gasteiger partial charge in [0.15, 0.2) is 0 Å². The first-order valence-corrected chi connectivity index (χ1v) is 4.44. The Labute approximate surface area is 74.9 Å². The fourth-order valence-corrected chi connectivity index (χ4v) is 1.31. The Hall–Kier alpha value is -0.920. The van der Waals surface area contributed by atoms with Crippen molar-refractivity contribution in [1.29, 1.82) is 0 Å². The topological polar surface area (TPSA) is 15.3 Å². The van der Waals surface area contributed by atoms with Gasteiger partial charge in [-0.2, -0.15) is 0 Å². The lowest BCUT2D eigenvalue weighted by molar-refractivity contribution is 0.328. The minimum absolute atomic E-state index is 0.424. The summed E-state index contributed by atoms with van der Waals surface area (Å²) in [7, 11) is 0. The molecule has 0 bridgehead atoms. The van der Waals surface area contributed by atoms with Gasteiger partial charge < -0.3 is 10.2 Å². The van der Waals surface area contributed by atoms with Gasteiger partial charge in [0.25, 0.3) is 0 Å². The normalized spacial score (nSPS) is 24.1. The highest BCUT2D eigenvalue weighted by Crippen LogP contribution is 2.17. The molecule has 1 aliphatic heterocycles. The van der Waals surface area contributed by atoms with Crippen LogP contribution in [0.15, 0.2) is 24.2 Å². The molecule has 1 unspecified atom stereocenters. The van der Waals surface area contributed by atoms with Crippen LogP contribution in [-0.4, -0.2) is 17.0 Å². The third-order valence-corrected chi connectivity index (χ3v) is 2.28. The van der Waals surface area contributed by atoms with Gasteiger partial charge >= 0.3 is 0 Å². The molecular formula is C10H18N2. The summed E-state index contributed by atoms with van der Waals surface area (Å²) in [5.74, 6) is 1.00. The van der Waals surface area contributed by atoms with Crippen molar-refractivity contribution < 1.29 is 0 Å². The quantitative estimate of drug-likeness (QED) is 0.641. The molecule has 12 heavy (non-hydrogen) atoms. The Morgan fingerprint density at radius 2 is 2.17 bits per heavy atom. The van der Waals surface area contributed by atoms with E-state index in [0.717, 1.165) is 5.82 Å². The van der Waals surface area contributed by atoms with Gasteiger partial charge in [-0.1, -0.05) is 6.58 Å². The minimum atomic E-state index is 0.424. The van der Waals surface area contributed by atoms with E-state index in [9.17, 15) is 0 Å².